The Hall–Kier alpha value is -0.840. The zero-order valence-electron chi connectivity index (χ0n) is 7.43. The Morgan fingerprint density at radius 2 is 2.29 bits per heavy atom. The lowest BCUT2D eigenvalue weighted by Crippen LogP contribution is -2.03. The van der Waals surface area contributed by atoms with Gasteiger partial charge in [-0.3, -0.25) is 9.78 Å². The van der Waals surface area contributed by atoms with Gasteiger partial charge in [0.2, 0.25) is 0 Å². The van der Waals surface area contributed by atoms with Gasteiger partial charge >= 0.3 is 0 Å². The number of pyridine rings is 1. The standard InChI is InChI=1S/C9H8BrF2NO/c1-5-2-6(9(11)12)7(4-14)8(3-10)13-5/h2,4,9H,3H2,1H3. The second-order valence-electron chi connectivity index (χ2n) is 2.77. The van der Waals surface area contributed by atoms with Crippen LogP contribution < -0.4 is 0 Å². The number of carbonyl (C=O) groups is 1. The highest BCUT2D eigenvalue weighted by molar-refractivity contribution is 9.08. The van der Waals surface area contributed by atoms with Crippen molar-refractivity contribution < 1.29 is 13.6 Å². The summed E-state index contributed by atoms with van der Waals surface area (Å²) in [5.74, 6) is 0. The van der Waals surface area contributed by atoms with E-state index in [0.29, 0.717) is 23.0 Å². The third-order valence-corrected chi connectivity index (χ3v) is 2.31. The number of hydrogen-bond acceptors (Lipinski definition) is 2. The van der Waals surface area contributed by atoms with Gasteiger partial charge in [0.15, 0.2) is 6.29 Å². The van der Waals surface area contributed by atoms with E-state index in [4.69, 9.17) is 0 Å². The van der Waals surface area contributed by atoms with Gasteiger partial charge in [-0.1, -0.05) is 15.9 Å². The number of alkyl halides is 3. The van der Waals surface area contributed by atoms with Crippen LogP contribution in [-0.4, -0.2) is 11.3 Å². The van der Waals surface area contributed by atoms with Gasteiger partial charge in [-0.25, -0.2) is 8.78 Å². The van der Waals surface area contributed by atoms with E-state index >= 15 is 0 Å². The molecule has 0 bridgehead atoms. The van der Waals surface area contributed by atoms with E-state index in [1.54, 1.807) is 6.92 Å². The molecule has 0 saturated heterocycles. The normalized spacial score (nSPS) is 10.6. The van der Waals surface area contributed by atoms with Crippen molar-refractivity contribution in [1.82, 2.24) is 4.98 Å². The number of aldehydes is 1. The molecule has 0 spiro atoms. The molecule has 1 heterocycles. The molecule has 0 aliphatic heterocycles. The van der Waals surface area contributed by atoms with Gasteiger partial charge < -0.3 is 0 Å². The van der Waals surface area contributed by atoms with Crippen molar-refractivity contribution in [1.29, 1.82) is 0 Å². The van der Waals surface area contributed by atoms with Crippen LogP contribution in [0.4, 0.5) is 8.78 Å². The largest absolute Gasteiger partial charge is 0.298 e. The average molecular weight is 264 g/mol. The summed E-state index contributed by atoms with van der Waals surface area (Å²) in [6, 6.07) is 1.24. The van der Waals surface area contributed by atoms with Crippen LogP contribution in [0.25, 0.3) is 0 Å². The zero-order valence-corrected chi connectivity index (χ0v) is 9.01. The van der Waals surface area contributed by atoms with Crippen LogP contribution in [0.2, 0.25) is 0 Å². The number of hydrogen-bond donors (Lipinski definition) is 0. The van der Waals surface area contributed by atoms with E-state index in [1.165, 1.54) is 6.07 Å². The van der Waals surface area contributed by atoms with E-state index in [0.717, 1.165) is 0 Å². The monoisotopic (exact) mass is 263 g/mol. The van der Waals surface area contributed by atoms with Crippen molar-refractivity contribution in [3.05, 3.63) is 28.6 Å². The highest BCUT2D eigenvalue weighted by atomic mass is 79.9. The Bertz CT molecular complexity index is 355. The molecular weight excluding hydrogens is 256 g/mol. The molecule has 76 valence electrons. The topological polar surface area (TPSA) is 30.0 Å². The number of halogens is 3. The van der Waals surface area contributed by atoms with Gasteiger partial charge in [0.25, 0.3) is 6.43 Å². The van der Waals surface area contributed by atoms with Crippen LogP contribution in [0.1, 0.15) is 33.7 Å². The fourth-order valence-corrected chi connectivity index (χ4v) is 1.62. The maximum Gasteiger partial charge on any atom is 0.264 e. The van der Waals surface area contributed by atoms with Crippen molar-refractivity contribution in [3.63, 3.8) is 0 Å². The van der Waals surface area contributed by atoms with Crippen molar-refractivity contribution >= 4 is 22.2 Å². The summed E-state index contributed by atoms with van der Waals surface area (Å²) >= 11 is 3.10. The molecule has 5 heteroatoms. The van der Waals surface area contributed by atoms with Crippen LogP contribution in [-0.2, 0) is 5.33 Å². The summed E-state index contributed by atoms with van der Waals surface area (Å²) in [6.45, 7) is 1.62. The Balaban J connectivity index is 3.39. The van der Waals surface area contributed by atoms with Crippen molar-refractivity contribution in [2.24, 2.45) is 0 Å². The molecule has 0 fully saturated rings. The molecule has 1 aromatic heterocycles. The van der Waals surface area contributed by atoms with Crippen LogP contribution in [0.5, 0.6) is 0 Å². The van der Waals surface area contributed by atoms with Crippen LogP contribution in [0, 0.1) is 6.92 Å². The summed E-state index contributed by atoms with van der Waals surface area (Å²) < 4.78 is 25.0. The molecule has 0 unspecified atom stereocenters. The molecule has 1 aromatic rings. The smallest absolute Gasteiger partial charge is 0.264 e. The first-order chi connectivity index (χ1) is 6.60. The zero-order chi connectivity index (χ0) is 10.7. The summed E-state index contributed by atoms with van der Waals surface area (Å²) in [6.07, 6.45) is -2.22. The molecule has 0 N–H and O–H groups in total. The minimum absolute atomic E-state index is 0.0116. The van der Waals surface area contributed by atoms with Gasteiger partial charge in [0.05, 0.1) is 5.69 Å². The molecule has 14 heavy (non-hydrogen) atoms. The Morgan fingerprint density at radius 3 is 2.71 bits per heavy atom. The van der Waals surface area contributed by atoms with Gasteiger partial charge in [-0.05, 0) is 13.0 Å². The second kappa shape index (κ2) is 4.59. The molecule has 0 radical (unpaired) electrons. The first kappa shape index (κ1) is 11.2. The Kier molecular flexibility index (Phi) is 3.69. The van der Waals surface area contributed by atoms with E-state index < -0.39 is 6.43 Å². The number of carbonyl (C=O) groups excluding carboxylic acids is 1. The Morgan fingerprint density at radius 1 is 1.64 bits per heavy atom. The fourth-order valence-electron chi connectivity index (χ4n) is 1.19. The SMILES string of the molecule is Cc1cc(C(F)F)c(C=O)c(CBr)n1. The number of aromatic nitrogens is 1. The minimum atomic E-state index is -2.64. The molecular formula is C9H8BrF2NO. The van der Waals surface area contributed by atoms with E-state index in [-0.39, 0.29) is 11.1 Å². The summed E-state index contributed by atoms with van der Waals surface area (Å²) in [5.41, 5.74) is 0.583. The second-order valence-corrected chi connectivity index (χ2v) is 3.33. The molecule has 0 aromatic carbocycles. The first-order valence-electron chi connectivity index (χ1n) is 3.89. The number of nitrogens with zero attached hydrogens (tertiary/aromatic N) is 1. The van der Waals surface area contributed by atoms with Gasteiger partial charge in [-0.15, -0.1) is 0 Å². The van der Waals surface area contributed by atoms with Crippen molar-refractivity contribution in [2.75, 3.05) is 0 Å². The highest BCUT2D eigenvalue weighted by Crippen LogP contribution is 2.25. The number of aryl methyl sites for hydroxylation is 1. The van der Waals surface area contributed by atoms with E-state index in [9.17, 15) is 13.6 Å². The molecule has 0 saturated carbocycles. The predicted molar refractivity (Wildman–Crippen MR) is 51.9 cm³/mol. The fraction of sp³-hybridized carbons (Fsp3) is 0.333. The summed E-state index contributed by atoms with van der Waals surface area (Å²) in [4.78, 5) is 14.6. The third-order valence-electron chi connectivity index (χ3n) is 1.78. The van der Waals surface area contributed by atoms with Gasteiger partial charge in [-0.2, -0.15) is 0 Å². The van der Waals surface area contributed by atoms with Crippen LogP contribution in [0.15, 0.2) is 6.07 Å². The molecule has 0 aliphatic rings. The van der Waals surface area contributed by atoms with Gasteiger partial charge in [0.1, 0.15) is 0 Å². The molecule has 0 amide bonds. The quantitative estimate of drug-likeness (QED) is 0.620. The van der Waals surface area contributed by atoms with Gasteiger partial charge in [0, 0.05) is 22.2 Å². The van der Waals surface area contributed by atoms with Crippen molar-refractivity contribution in [2.45, 2.75) is 18.7 Å². The summed E-state index contributed by atoms with van der Waals surface area (Å²) in [5, 5.41) is 0.294. The average Bonchev–Trinajstić information content (AvgIpc) is 2.16. The number of rotatable bonds is 3. The van der Waals surface area contributed by atoms with Crippen molar-refractivity contribution in [3.8, 4) is 0 Å². The maximum absolute atomic E-state index is 12.5. The third kappa shape index (κ3) is 2.15. The lowest BCUT2D eigenvalue weighted by molar-refractivity contribution is 0.110. The van der Waals surface area contributed by atoms with E-state index in [2.05, 4.69) is 20.9 Å². The predicted octanol–water partition coefficient (Wildman–Crippen LogP) is 3.04. The van der Waals surface area contributed by atoms with E-state index in [1.807, 2.05) is 0 Å². The molecule has 0 atom stereocenters. The molecule has 2 nitrogen and oxygen atoms in total. The lowest BCUT2D eigenvalue weighted by Gasteiger charge is -2.08. The molecule has 0 aliphatic carbocycles. The Labute approximate surface area is 88.5 Å². The highest BCUT2D eigenvalue weighted by Gasteiger charge is 2.17. The van der Waals surface area contributed by atoms with Crippen LogP contribution in [0.3, 0.4) is 0 Å². The summed E-state index contributed by atoms with van der Waals surface area (Å²) in [7, 11) is 0. The first-order valence-corrected chi connectivity index (χ1v) is 5.02. The minimum Gasteiger partial charge on any atom is -0.298 e. The maximum atomic E-state index is 12.5. The lowest BCUT2D eigenvalue weighted by atomic mass is 10.1. The molecule has 1 rings (SSSR count). The van der Waals surface area contributed by atoms with Crippen LogP contribution >= 0.6 is 15.9 Å².